The van der Waals surface area contributed by atoms with Gasteiger partial charge in [-0.05, 0) is 0 Å². The second-order valence-electron chi connectivity index (χ2n) is 5.27. The number of benzene rings is 1. The minimum atomic E-state index is -0.832. The van der Waals surface area contributed by atoms with Gasteiger partial charge >= 0.3 is 11.9 Å². The first-order chi connectivity index (χ1) is 11.2. The maximum Gasteiger partial charge on any atom is 0.302 e. The monoisotopic (exact) mass is 340 g/mol. The zero-order valence-electron chi connectivity index (χ0n) is 13.6. The lowest BCUT2D eigenvalue weighted by atomic mass is 10.2. The topological polar surface area (TPSA) is 119 Å². The number of carbonyl (C=O) groups is 2. The SMILES string of the molecule is CC(=O)OCC[N+]([O-])(CCOC(C)=O)Cc1cccc([N+](=O)[O-])c1. The Bertz CT molecular complexity index is 583. The standard InChI is InChI=1S/C15H20N2O7/c1-12(18)23-8-6-17(22,7-9-24-13(2)19)11-14-4-3-5-15(10-14)16(20)21/h3-5,10H,6-9,11H2,1-2H3. The van der Waals surface area contributed by atoms with E-state index in [2.05, 4.69) is 0 Å². The van der Waals surface area contributed by atoms with Gasteiger partial charge in [0.1, 0.15) is 32.8 Å². The van der Waals surface area contributed by atoms with Gasteiger partial charge in [-0.1, -0.05) is 12.1 Å². The molecule has 9 heteroatoms. The summed E-state index contributed by atoms with van der Waals surface area (Å²) in [4.78, 5) is 31.9. The number of ether oxygens (including phenoxy) is 2. The summed E-state index contributed by atoms with van der Waals surface area (Å²) in [6, 6.07) is 5.76. The molecule has 0 atom stereocenters. The van der Waals surface area contributed by atoms with Crippen LogP contribution in [0.15, 0.2) is 24.3 Å². The van der Waals surface area contributed by atoms with Crippen molar-refractivity contribution in [3.8, 4) is 0 Å². The fourth-order valence-corrected chi connectivity index (χ4v) is 2.08. The molecule has 1 rings (SSSR count). The van der Waals surface area contributed by atoms with Crippen LogP contribution in [0.1, 0.15) is 19.4 Å². The van der Waals surface area contributed by atoms with E-state index in [1.165, 1.54) is 32.0 Å². The van der Waals surface area contributed by atoms with Gasteiger partial charge in [0, 0.05) is 31.5 Å². The highest BCUT2D eigenvalue weighted by Crippen LogP contribution is 2.18. The number of nitro groups is 1. The van der Waals surface area contributed by atoms with Gasteiger partial charge in [-0.25, -0.2) is 0 Å². The van der Waals surface area contributed by atoms with Crippen molar-refractivity contribution in [3.63, 3.8) is 0 Å². The third-order valence-electron chi connectivity index (χ3n) is 3.20. The van der Waals surface area contributed by atoms with Gasteiger partial charge in [0.25, 0.3) is 5.69 Å². The molecular formula is C15H20N2O7. The van der Waals surface area contributed by atoms with E-state index in [0.717, 1.165) is 0 Å². The average molecular weight is 340 g/mol. The molecule has 0 heterocycles. The first kappa shape index (κ1) is 19.5. The summed E-state index contributed by atoms with van der Waals surface area (Å²) in [5.41, 5.74) is 0.365. The van der Waals surface area contributed by atoms with Gasteiger partial charge in [-0.2, -0.15) is 0 Å². The number of hydrogen-bond donors (Lipinski definition) is 0. The van der Waals surface area contributed by atoms with Gasteiger partial charge in [0.15, 0.2) is 0 Å². The molecule has 0 aliphatic carbocycles. The van der Waals surface area contributed by atoms with E-state index in [1.54, 1.807) is 6.07 Å². The molecule has 0 fully saturated rings. The van der Waals surface area contributed by atoms with Crippen LogP contribution < -0.4 is 0 Å². The van der Waals surface area contributed by atoms with E-state index in [-0.39, 0.29) is 38.5 Å². The Morgan fingerprint density at radius 3 is 2.12 bits per heavy atom. The Hall–Kier alpha value is -2.52. The van der Waals surface area contributed by atoms with Crippen LogP contribution in [0.5, 0.6) is 0 Å². The predicted octanol–water partition coefficient (Wildman–Crippen LogP) is 1.54. The molecule has 0 saturated heterocycles. The Kier molecular flexibility index (Phi) is 7.28. The summed E-state index contributed by atoms with van der Waals surface area (Å²) in [5, 5.41) is 23.7. The highest BCUT2D eigenvalue weighted by molar-refractivity contribution is 5.66. The largest absolute Gasteiger partial charge is 0.632 e. The molecule has 0 aliphatic rings. The number of hydrogen-bond acceptors (Lipinski definition) is 7. The molecule has 1 aromatic rings. The number of nitrogens with zero attached hydrogens (tertiary/aromatic N) is 2. The van der Waals surface area contributed by atoms with Gasteiger partial charge in [-0.15, -0.1) is 0 Å². The summed E-state index contributed by atoms with van der Waals surface area (Å²) in [5.74, 6) is -1.01. The zero-order chi connectivity index (χ0) is 18.2. The van der Waals surface area contributed by atoms with Gasteiger partial charge < -0.3 is 19.3 Å². The van der Waals surface area contributed by atoms with E-state index in [0.29, 0.717) is 5.56 Å². The summed E-state index contributed by atoms with van der Waals surface area (Å²) in [6.07, 6.45) is 0. The van der Waals surface area contributed by atoms with Gasteiger partial charge in [0.05, 0.1) is 4.92 Å². The normalized spacial score (nSPS) is 11.0. The van der Waals surface area contributed by atoms with E-state index in [4.69, 9.17) is 9.47 Å². The highest BCUT2D eigenvalue weighted by Gasteiger charge is 2.20. The molecule has 0 N–H and O–H groups in total. The second kappa shape index (κ2) is 8.94. The maximum absolute atomic E-state index is 12.9. The molecule has 0 saturated carbocycles. The third kappa shape index (κ3) is 7.16. The van der Waals surface area contributed by atoms with Crippen molar-refractivity contribution in [1.82, 2.24) is 0 Å². The number of quaternary nitrogens is 1. The van der Waals surface area contributed by atoms with Crippen LogP contribution in [0.4, 0.5) is 5.69 Å². The van der Waals surface area contributed by atoms with Crippen molar-refractivity contribution in [2.45, 2.75) is 20.4 Å². The first-order valence-corrected chi connectivity index (χ1v) is 7.29. The lowest BCUT2D eigenvalue weighted by Crippen LogP contribution is -2.46. The van der Waals surface area contributed by atoms with Crippen molar-refractivity contribution in [2.24, 2.45) is 0 Å². The Labute approximate surface area is 139 Å². The predicted molar refractivity (Wildman–Crippen MR) is 83.4 cm³/mol. The summed E-state index contributed by atoms with van der Waals surface area (Å²) < 4.78 is 8.76. The first-order valence-electron chi connectivity index (χ1n) is 7.29. The van der Waals surface area contributed by atoms with Crippen molar-refractivity contribution >= 4 is 17.6 Å². The molecular weight excluding hydrogens is 320 g/mol. The van der Waals surface area contributed by atoms with Crippen LogP contribution >= 0.6 is 0 Å². The molecule has 0 aromatic heterocycles. The average Bonchev–Trinajstić information content (AvgIpc) is 2.46. The second-order valence-corrected chi connectivity index (χ2v) is 5.27. The van der Waals surface area contributed by atoms with Crippen LogP contribution in [0, 0.1) is 15.3 Å². The molecule has 132 valence electrons. The van der Waals surface area contributed by atoms with Crippen molar-refractivity contribution in [3.05, 3.63) is 45.2 Å². The third-order valence-corrected chi connectivity index (χ3v) is 3.20. The highest BCUT2D eigenvalue weighted by atomic mass is 16.6. The van der Waals surface area contributed by atoms with Gasteiger partial charge in [-0.3, -0.25) is 19.7 Å². The fourth-order valence-electron chi connectivity index (χ4n) is 2.08. The number of non-ortho nitro benzene ring substituents is 1. The van der Waals surface area contributed by atoms with Crippen LogP contribution in [0.2, 0.25) is 0 Å². The Morgan fingerprint density at radius 2 is 1.67 bits per heavy atom. The molecule has 0 radical (unpaired) electrons. The van der Waals surface area contributed by atoms with Crippen molar-refractivity contribution in [2.75, 3.05) is 26.3 Å². The molecule has 0 aliphatic heterocycles. The van der Waals surface area contributed by atoms with Crippen LogP contribution in [0.3, 0.4) is 0 Å². The molecule has 0 amide bonds. The smallest absolute Gasteiger partial charge is 0.302 e. The molecule has 0 unspecified atom stereocenters. The number of hydroxylamine groups is 3. The quantitative estimate of drug-likeness (QED) is 0.289. The minimum absolute atomic E-state index is 0.0520. The van der Waals surface area contributed by atoms with E-state index < -0.39 is 21.5 Å². The molecule has 0 spiro atoms. The molecule has 24 heavy (non-hydrogen) atoms. The number of rotatable bonds is 9. The molecule has 1 aromatic carbocycles. The van der Waals surface area contributed by atoms with E-state index in [9.17, 15) is 24.9 Å². The fraction of sp³-hybridized carbons (Fsp3) is 0.467. The molecule has 0 bridgehead atoms. The number of nitro benzene ring substituents is 1. The van der Waals surface area contributed by atoms with Gasteiger partial charge in [0.2, 0.25) is 0 Å². The lowest BCUT2D eigenvalue weighted by molar-refractivity contribution is -0.894. The maximum atomic E-state index is 12.9. The zero-order valence-corrected chi connectivity index (χ0v) is 13.6. The van der Waals surface area contributed by atoms with Crippen LogP contribution in [-0.4, -0.2) is 47.8 Å². The number of esters is 2. The summed E-state index contributed by atoms with van der Waals surface area (Å²) in [6.45, 7) is 2.12. The van der Waals surface area contributed by atoms with Crippen molar-refractivity contribution in [1.29, 1.82) is 0 Å². The summed E-state index contributed by atoms with van der Waals surface area (Å²) in [7, 11) is 0. The number of carbonyl (C=O) groups excluding carboxylic acids is 2. The van der Waals surface area contributed by atoms with Crippen molar-refractivity contribution < 1.29 is 28.6 Å². The van der Waals surface area contributed by atoms with E-state index >= 15 is 0 Å². The Balaban J connectivity index is 2.82. The van der Waals surface area contributed by atoms with E-state index in [1.807, 2.05) is 0 Å². The lowest BCUT2D eigenvalue weighted by Gasteiger charge is -2.42. The summed E-state index contributed by atoms with van der Waals surface area (Å²) >= 11 is 0. The Morgan fingerprint density at radius 1 is 1.12 bits per heavy atom. The van der Waals surface area contributed by atoms with Crippen LogP contribution in [0.25, 0.3) is 0 Å². The minimum Gasteiger partial charge on any atom is -0.632 e. The van der Waals surface area contributed by atoms with Crippen LogP contribution in [-0.2, 0) is 25.6 Å². The molecule has 9 nitrogen and oxygen atoms in total.